The molecule has 1 aromatic carbocycles. The van der Waals surface area contributed by atoms with Crippen LogP contribution in [0.25, 0.3) is 22.3 Å². The Morgan fingerprint density at radius 3 is 2.22 bits per heavy atom. The maximum Gasteiger partial charge on any atom is 0.225 e. The number of Topliss-reactive ketones (excluding diaryl/α,β-unsaturated/α-hetero) is 1. The first kappa shape index (κ1) is 35.7. The number of aryl methyl sites for hydroxylation is 1. The van der Waals surface area contributed by atoms with Gasteiger partial charge in [-0.2, -0.15) is 0 Å². The summed E-state index contributed by atoms with van der Waals surface area (Å²) in [7, 11) is 1.68. The lowest BCUT2D eigenvalue weighted by Crippen LogP contribution is -2.35. The van der Waals surface area contributed by atoms with Gasteiger partial charge in [0.15, 0.2) is 0 Å². The number of pyridine rings is 1. The normalized spacial score (nSPS) is 12.4. The molecule has 0 aliphatic carbocycles. The van der Waals surface area contributed by atoms with E-state index in [-0.39, 0.29) is 5.78 Å². The van der Waals surface area contributed by atoms with E-state index in [2.05, 4.69) is 34.6 Å². The summed E-state index contributed by atoms with van der Waals surface area (Å²) in [5, 5.41) is 0.737. The fourth-order valence-electron chi connectivity index (χ4n) is 4.00. The molecule has 41 heavy (non-hydrogen) atoms. The van der Waals surface area contributed by atoms with Gasteiger partial charge in [-0.1, -0.05) is 45.4 Å². The lowest BCUT2D eigenvalue weighted by molar-refractivity contribution is -0.118. The summed E-state index contributed by atoms with van der Waals surface area (Å²) in [5.41, 5.74) is 3.77. The SMILES string of the molecule is CC.CC.CC(=O)CC1CCN(c2ncc(-c3ccccn3)cn2)CC1.CCOC.Cc1nc2ccc(Cl)cc2[nH]1. The van der Waals surface area contributed by atoms with Crippen molar-refractivity contribution < 1.29 is 9.53 Å². The number of halogens is 1. The van der Waals surface area contributed by atoms with Crippen molar-refractivity contribution in [2.75, 3.05) is 31.7 Å². The Labute approximate surface area is 251 Å². The Kier molecular flexibility index (Phi) is 17.8. The number of hydrogen-bond donors (Lipinski definition) is 1. The number of H-pyrrole nitrogens is 1. The minimum absolute atomic E-state index is 0.286. The number of hydrogen-bond acceptors (Lipinski definition) is 7. The first-order valence-corrected chi connectivity index (χ1v) is 14.9. The van der Waals surface area contributed by atoms with E-state index >= 15 is 0 Å². The van der Waals surface area contributed by atoms with Crippen LogP contribution in [0.15, 0.2) is 55.0 Å². The molecular formula is C32H47ClN6O2. The molecule has 3 aromatic heterocycles. The van der Waals surface area contributed by atoms with E-state index in [9.17, 15) is 4.79 Å². The zero-order valence-corrected chi connectivity index (χ0v) is 26.7. The number of methoxy groups -OCH3 is 1. The van der Waals surface area contributed by atoms with E-state index in [1.54, 1.807) is 20.2 Å². The highest BCUT2D eigenvalue weighted by Gasteiger charge is 2.21. The Morgan fingerprint density at radius 1 is 1.05 bits per heavy atom. The average Bonchev–Trinajstić information content (AvgIpc) is 3.39. The van der Waals surface area contributed by atoms with E-state index < -0.39 is 0 Å². The maximum atomic E-state index is 11.2. The van der Waals surface area contributed by atoms with Crippen molar-refractivity contribution in [3.63, 3.8) is 0 Å². The van der Waals surface area contributed by atoms with Gasteiger partial charge in [-0.15, -0.1) is 0 Å². The van der Waals surface area contributed by atoms with Gasteiger partial charge in [0, 0.05) is 62.4 Å². The number of benzene rings is 1. The fourth-order valence-corrected chi connectivity index (χ4v) is 4.18. The molecule has 0 atom stereocenters. The number of nitrogens with zero attached hydrogens (tertiary/aromatic N) is 5. The summed E-state index contributed by atoms with van der Waals surface area (Å²) in [6.45, 7) is 16.2. The highest BCUT2D eigenvalue weighted by atomic mass is 35.5. The number of aromatic amines is 1. The van der Waals surface area contributed by atoms with Crippen molar-refractivity contribution in [1.82, 2.24) is 24.9 Å². The molecule has 224 valence electrons. The number of ketones is 1. The van der Waals surface area contributed by atoms with Crippen LogP contribution >= 0.6 is 11.6 Å². The molecule has 4 heterocycles. The third-order valence-electron chi connectivity index (χ3n) is 5.92. The summed E-state index contributed by atoms with van der Waals surface area (Å²) in [5.74, 6) is 2.49. The summed E-state index contributed by atoms with van der Waals surface area (Å²) in [4.78, 5) is 34.0. The van der Waals surface area contributed by atoms with Crippen molar-refractivity contribution in [3.8, 4) is 11.3 Å². The number of rotatable bonds is 5. The molecule has 0 saturated carbocycles. The molecule has 1 fully saturated rings. The second-order valence-corrected chi connectivity index (χ2v) is 9.32. The molecule has 0 radical (unpaired) electrons. The van der Waals surface area contributed by atoms with Gasteiger partial charge in [-0.3, -0.25) is 4.98 Å². The second kappa shape index (κ2) is 20.5. The molecular weight excluding hydrogens is 536 g/mol. The number of aromatic nitrogens is 5. The van der Waals surface area contributed by atoms with Crippen LogP contribution in [-0.2, 0) is 9.53 Å². The zero-order chi connectivity index (χ0) is 30.6. The van der Waals surface area contributed by atoms with Gasteiger partial charge in [-0.05, 0) is 69.9 Å². The van der Waals surface area contributed by atoms with Crippen LogP contribution in [0.4, 0.5) is 5.95 Å². The monoisotopic (exact) mass is 582 g/mol. The van der Waals surface area contributed by atoms with E-state index in [0.29, 0.717) is 12.3 Å². The summed E-state index contributed by atoms with van der Waals surface area (Å²) < 4.78 is 4.54. The average molecular weight is 583 g/mol. The molecule has 4 aromatic rings. The number of ether oxygens (including phenoxy) is 1. The molecule has 8 nitrogen and oxygen atoms in total. The lowest BCUT2D eigenvalue weighted by atomic mass is 9.92. The van der Waals surface area contributed by atoms with Crippen LogP contribution in [-0.4, -0.2) is 57.5 Å². The Morgan fingerprint density at radius 2 is 1.68 bits per heavy atom. The first-order valence-electron chi connectivity index (χ1n) is 14.5. The molecule has 1 aliphatic rings. The van der Waals surface area contributed by atoms with E-state index in [1.165, 1.54) is 0 Å². The number of anilines is 1. The highest BCUT2D eigenvalue weighted by molar-refractivity contribution is 6.31. The minimum Gasteiger partial charge on any atom is -0.385 e. The van der Waals surface area contributed by atoms with Crippen molar-refractivity contribution in [2.45, 2.75) is 67.7 Å². The topological polar surface area (TPSA) is 96.9 Å². The van der Waals surface area contributed by atoms with Crippen LogP contribution < -0.4 is 4.90 Å². The molecule has 1 aliphatic heterocycles. The number of carbonyl (C=O) groups is 1. The van der Waals surface area contributed by atoms with Gasteiger partial charge in [-0.25, -0.2) is 15.0 Å². The van der Waals surface area contributed by atoms with Gasteiger partial charge in [0.25, 0.3) is 0 Å². The number of imidazole rings is 1. The summed E-state index contributed by atoms with van der Waals surface area (Å²) in [6, 6.07) is 11.4. The zero-order valence-electron chi connectivity index (χ0n) is 25.9. The molecule has 0 bridgehead atoms. The lowest BCUT2D eigenvalue weighted by Gasteiger charge is -2.31. The maximum absolute atomic E-state index is 11.2. The molecule has 5 rings (SSSR count). The minimum atomic E-state index is 0.286. The van der Waals surface area contributed by atoms with Crippen molar-refractivity contribution in [1.29, 1.82) is 0 Å². The first-order chi connectivity index (χ1) is 19.9. The summed E-state index contributed by atoms with van der Waals surface area (Å²) >= 11 is 5.78. The predicted molar refractivity (Wildman–Crippen MR) is 172 cm³/mol. The Balaban J connectivity index is 0.000000368. The number of nitrogens with one attached hydrogen (secondary N) is 1. The number of piperidine rings is 1. The third-order valence-corrected chi connectivity index (χ3v) is 6.16. The van der Waals surface area contributed by atoms with Gasteiger partial charge < -0.3 is 19.4 Å². The van der Waals surface area contributed by atoms with Crippen LogP contribution in [0.2, 0.25) is 5.02 Å². The number of carbonyl (C=O) groups excluding carboxylic acids is 1. The van der Waals surface area contributed by atoms with Gasteiger partial charge in [0.2, 0.25) is 5.95 Å². The van der Waals surface area contributed by atoms with E-state index in [1.807, 2.05) is 90.3 Å². The van der Waals surface area contributed by atoms with Gasteiger partial charge in [0.05, 0.1) is 16.7 Å². The summed E-state index contributed by atoms with van der Waals surface area (Å²) in [6.07, 6.45) is 8.19. The smallest absolute Gasteiger partial charge is 0.225 e. The largest absolute Gasteiger partial charge is 0.385 e. The van der Waals surface area contributed by atoms with Crippen molar-refractivity contribution in [3.05, 3.63) is 65.8 Å². The van der Waals surface area contributed by atoms with Crippen LogP contribution in [0, 0.1) is 12.8 Å². The van der Waals surface area contributed by atoms with Gasteiger partial charge in [0.1, 0.15) is 11.6 Å². The number of fused-ring (bicyclic) bond motifs is 1. The van der Waals surface area contributed by atoms with Gasteiger partial charge >= 0.3 is 0 Å². The van der Waals surface area contributed by atoms with E-state index in [4.69, 9.17) is 11.6 Å². The van der Waals surface area contributed by atoms with E-state index in [0.717, 1.165) is 71.6 Å². The molecule has 9 heteroatoms. The predicted octanol–water partition coefficient (Wildman–Crippen LogP) is 7.96. The van der Waals surface area contributed by atoms with Crippen molar-refractivity contribution in [2.24, 2.45) is 5.92 Å². The Hall–Kier alpha value is -3.36. The molecule has 0 spiro atoms. The third kappa shape index (κ3) is 12.8. The van der Waals surface area contributed by atoms with Crippen LogP contribution in [0.5, 0.6) is 0 Å². The second-order valence-electron chi connectivity index (χ2n) is 8.88. The molecule has 0 unspecified atom stereocenters. The molecule has 1 N–H and O–H groups in total. The van der Waals surface area contributed by atoms with Crippen LogP contribution in [0.1, 0.15) is 66.6 Å². The Bertz CT molecular complexity index is 1240. The fraction of sp³-hybridized carbons (Fsp3) is 0.469. The standard InChI is InChI=1S/C17H20N4O.C8H7ClN2.C3H8O.2C2H6/c1-13(22)10-14-5-8-21(9-6-14)17-19-11-15(12-20-17)16-4-2-3-7-18-16;1-5-10-7-3-2-6(9)4-8(7)11-5;1-3-4-2;2*1-2/h2-4,7,11-12,14H,5-6,8-10H2,1H3;2-4H,1H3,(H,10,11);3H2,1-2H3;2*1-2H3. The highest BCUT2D eigenvalue weighted by Crippen LogP contribution is 2.24. The quantitative estimate of drug-likeness (QED) is 0.255. The molecule has 1 saturated heterocycles. The molecule has 0 amide bonds. The van der Waals surface area contributed by atoms with Crippen LogP contribution in [0.3, 0.4) is 0 Å². The van der Waals surface area contributed by atoms with Crippen molar-refractivity contribution >= 4 is 34.4 Å².